The van der Waals surface area contributed by atoms with Gasteiger partial charge in [-0.25, -0.2) is 4.98 Å². The molecule has 0 spiro atoms. The smallest absolute Gasteiger partial charge is 0.291 e. The second kappa shape index (κ2) is 9.57. The Kier molecular flexibility index (Phi) is 6.65. The van der Waals surface area contributed by atoms with Crippen molar-refractivity contribution in [3.8, 4) is 0 Å². The molecule has 2 heterocycles. The highest BCUT2D eigenvalue weighted by Crippen LogP contribution is 2.28. The predicted octanol–water partition coefficient (Wildman–Crippen LogP) is 4.32. The maximum Gasteiger partial charge on any atom is 0.291 e. The number of hydrogen-bond donors (Lipinski definition) is 0. The first-order chi connectivity index (χ1) is 14.2. The van der Waals surface area contributed by atoms with Gasteiger partial charge in [-0.15, -0.1) is 0 Å². The van der Waals surface area contributed by atoms with E-state index in [0.29, 0.717) is 17.7 Å². The van der Waals surface area contributed by atoms with E-state index < -0.39 is 0 Å². The summed E-state index contributed by atoms with van der Waals surface area (Å²) in [6.07, 6.45) is 11.1. The van der Waals surface area contributed by atoms with Gasteiger partial charge in [0.25, 0.3) is 5.91 Å². The van der Waals surface area contributed by atoms with Gasteiger partial charge in [0.15, 0.2) is 6.39 Å². The molecule has 2 aromatic rings. The van der Waals surface area contributed by atoms with Gasteiger partial charge >= 0.3 is 0 Å². The van der Waals surface area contributed by atoms with Crippen molar-refractivity contribution < 1.29 is 9.21 Å². The molecule has 0 radical (unpaired) electrons. The molecule has 5 heteroatoms. The molecule has 0 unspecified atom stereocenters. The van der Waals surface area contributed by atoms with Gasteiger partial charge in [-0.2, -0.15) is 0 Å². The van der Waals surface area contributed by atoms with Crippen LogP contribution in [0.15, 0.2) is 41.3 Å². The number of amides is 1. The van der Waals surface area contributed by atoms with E-state index in [1.54, 1.807) is 6.20 Å². The van der Waals surface area contributed by atoms with Crippen LogP contribution in [0.3, 0.4) is 0 Å². The van der Waals surface area contributed by atoms with E-state index in [4.69, 9.17) is 4.42 Å². The van der Waals surface area contributed by atoms with Crippen molar-refractivity contribution in [2.45, 2.75) is 57.9 Å². The standard InChI is InChI=1S/C24H33N3O2/c1-19-6-2-3-7-21(19)12-15-26-13-10-20(11-14-26)17-27(22-8-4-5-9-22)24(28)23-16-25-18-29-23/h2-3,6-7,16,18,20,22H,4-5,8-15,17H2,1H3. The van der Waals surface area contributed by atoms with Crippen LogP contribution in [-0.4, -0.2) is 52.9 Å². The van der Waals surface area contributed by atoms with Crippen LogP contribution in [0, 0.1) is 12.8 Å². The summed E-state index contributed by atoms with van der Waals surface area (Å²) >= 11 is 0. The van der Waals surface area contributed by atoms with Crippen LogP contribution in [0.4, 0.5) is 0 Å². The Morgan fingerprint density at radius 3 is 2.62 bits per heavy atom. The van der Waals surface area contributed by atoms with Crippen molar-refractivity contribution in [3.05, 3.63) is 53.7 Å². The van der Waals surface area contributed by atoms with Gasteiger partial charge in [-0.1, -0.05) is 37.1 Å². The molecule has 1 saturated heterocycles. The van der Waals surface area contributed by atoms with Gasteiger partial charge < -0.3 is 14.2 Å². The van der Waals surface area contributed by atoms with Crippen molar-refractivity contribution in [2.75, 3.05) is 26.2 Å². The normalized spacial score (nSPS) is 18.9. The molecule has 5 nitrogen and oxygen atoms in total. The summed E-state index contributed by atoms with van der Waals surface area (Å²) in [5, 5.41) is 0. The molecule has 0 N–H and O–H groups in total. The quantitative estimate of drug-likeness (QED) is 0.700. The highest BCUT2D eigenvalue weighted by atomic mass is 16.3. The molecule has 29 heavy (non-hydrogen) atoms. The Labute approximate surface area is 174 Å². The minimum absolute atomic E-state index is 0.0244. The van der Waals surface area contributed by atoms with Gasteiger partial charge in [-0.3, -0.25) is 4.79 Å². The largest absolute Gasteiger partial charge is 0.438 e. The Hall–Kier alpha value is -2.14. The van der Waals surface area contributed by atoms with Crippen molar-refractivity contribution in [2.24, 2.45) is 5.92 Å². The number of benzene rings is 1. The van der Waals surface area contributed by atoms with E-state index >= 15 is 0 Å². The number of aryl methyl sites for hydroxylation is 1. The Balaban J connectivity index is 1.30. The highest BCUT2D eigenvalue weighted by molar-refractivity contribution is 5.91. The van der Waals surface area contributed by atoms with E-state index in [9.17, 15) is 4.79 Å². The molecule has 2 fully saturated rings. The second-order valence-corrected chi connectivity index (χ2v) is 8.72. The van der Waals surface area contributed by atoms with E-state index in [-0.39, 0.29) is 5.91 Å². The zero-order valence-electron chi connectivity index (χ0n) is 17.6. The Bertz CT molecular complexity index is 775. The third-order valence-electron chi connectivity index (χ3n) is 6.79. The molecule has 1 aromatic carbocycles. The lowest BCUT2D eigenvalue weighted by Gasteiger charge is -2.37. The van der Waals surface area contributed by atoms with Crippen molar-refractivity contribution in [3.63, 3.8) is 0 Å². The van der Waals surface area contributed by atoms with Crippen LogP contribution in [0.25, 0.3) is 0 Å². The Morgan fingerprint density at radius 1 is 1.17 bits per heavy atom. The molecule has 2 aliphatic rings. The van der Waals surface area contributed by atoms with Crippen molar-refractivity contribution >= 4 is 5.91 Å². The number of carbonyl (C=O) groups is 1. The maximum absolute atomic E-state index is 13.0. The lowest BCUT2D eigenvalue weighted by Crippen LogP contribution is -2.45. The zero-order valence-corrected chi connectivity index (χ0v) is 17.6. The minimum atomic E-state index is 0.0244. The first-order valence-corrected chi connectivity index (χ1v) is 11.2. The molecule has 156 valence electrons. The summed E-state index contributed by atoms with van der Waals surface area (Å²) < 4.78 is 5.32. The summed E-state index contributed by atoms with van der Waals surface area (Å²) in [4.78, 5) is 21.6. The molecule has 1 aliphatic carbocycles. The van der Waals surface area contributed by atoms with Gasteiger partial charge in [0, 0.05) is 19.1 Å². The van der Waals surface area contributed by atoms with Crippen LogP contribution in [0.1, 0.15) is 60.2 Å². The van der Waals surface area contributed by atoms with Crippen LogP contribution in [0.5, 0.6) is 0 Å². The molecule has 1 aliphatic heterocycles. The summed E-state index contributed by atoms with van der Waals surface area (Å²) in [6.45, 7) is 6.44. The Morgan fingerprint density at radius 2 is 1.93 bits per heavy atom. The lowest BCUT2D eigenvalue weighted by atomic mass is 9.94. The minimum Gasteiger partial charge on any atom is -0.438 e. The second-order valence-electron chi connectivity index (χ2n) is 8.72. The molecule has 4 rings (SSSR count). The van der Waals surface area contributed by atoms with Crippen molar-refractivity contribution in [1.29, 1.82) is 0 Å². The summed E-state index contributed by atoms with van der Waals surface area (Å²) in [6, 6.07) is 9.06. The SMILES string of the molecule is Cc1ccccc1CCN1CCC(CN(C(=O)c2cnco2)C2CCCC2)CC1. The number of carbonyl (C=O) groups excluding carboxylic acids is 1. The van der Waals surface area contributed by atoms with E-state index in [1.807, 2.05) is 0 Å². The third kappa shape index (κ3) is 5.08. The molecule has 1 amide bonds. The highest BCUT2D eigenvalue weighted by Gasteiger charge is 2.32. The number of rotatable bonds is 7. The van der Waals surface area contributed by atoms with Crippen LogP contribution >= 0.6 is 0 Å². The summed E-state index contributed by atoms with van der Waals surface area (Å²) in [5.41, 5.74) is 2.85. The fourth-order valence-corrected chi connectivity index (χ4v) is 4.92. The lowest BCUT2D eigenvalue weighted by molar-refractivity contribution is 0.0567. The molecule has 1 saturated carbocycles. The average molecular weight is 396 g/mol. The molecular weight excluding hydrogens is 362 g/mol. The van der Waals surface area contributed by atoms with Crippen LogP contribution in [-0.2, 0) is 6.42 Å². The fourth-order valence-electron chi connectivity index (χ4n) is 4.92. The average Bonchev–Trinajstić information content (AvgIpc) is 3.46. The third-order valence-corrected chi connectivity index (χ3v) is 6.79. The first-order valence-electron chi connectivity index (χ1n) is 11.2. The van der Waals surface area contributed by atoms with E-state index in [2.05, 4.69) is 46.0 Å². The molecule has 0 atom stereocenters. The monoisotopic (exact) mass is 395 g/mol. The molecule has 1 aromatic heterocycles. The van der Waals surface area contributed by atoms with Gasteiger partial charge in [0.1, 0.15) is 0 Å². The van der Waals surface area contributed by atoms with Gasteiger partial charge in [0.05, 0.1) is 6.20 Å². The summed E-state index contributed by atoms with van der Waals surface area (Å²) in [7, 11) is 0. The number of nitrogens with zero attached hydrogens (tertiary/aromatic N) is 3. The van der Waals surface area contributed by atoms with Gasteiger partial charge in [-0.05, 0) is 69.2 Å². The predicted molar refractivity (Wildman–Crippen MR) is 114 cm³/mol. The number of likely N-dealkylation sites (tertiary alicyclic amines) is 1. The number of hydrogen-bond acceptors (Lipinski definition) is 4. The van der Waals surface area contributed by atoms with Crippen LogP contribution < -0.4 is 0 Å². The molecular formula is C24H33N3O2. The zero-order chi connectivity index (χ0) is 20.1. The van der Waals surface area contributed by atoms with E-state index in [1.165, 1.54) is 43.2 Å². The van der Waals surface area contributed by atoms with Crippen molar-refractivity contribution in [1.82, 2.24) is 14.8 Å². The fraction of sp³-hybridized carbons (Fsp3) is 0.583. The first kappa shape index (κ1) is 20.1. The topological polar surface area (TPSA) is 49.6 Å². The number of oxazole rings is 1. The number of aromatic nitrogens is 1. The van der Waals surface area contributed by atoms with Gasteiger partial charge in [0.2, 0.25) is 5.76 Å². The number of piperidine rings is 1. The van der Waals surface area contributed by atoms with E-state index in [0.717, 1.165) is 45.4 Å². The maximum atomic E-state index is 13.0. The van der Waals surface area contributed by atoms with Crippen LogP contribution in [0.2, 0.25) is 0 Å². The summed E-state index contributed by atoms with van der Waals surface area (Å²) in [5.74, 6) is 0.987. The molecule has 0 bridgehead atoms.